The normalized spacial score (nSPS) is 8.77. The van der Waals surface area contributed by atoms with Crippen molar-refractivity contribution in [3.63, 3.8) is 0 Å². The molecule has 0 bridgehead atoms. The highest BCUT2D eigenvalue weighted by atomic mass is 32.2. The molecule has 0 amide bonds. The van der Waals surface area contributed by atoms with Gasteiger partial charge in [0.1, 0.15) is 0 Å². The van der Waals surface area contributed by atoms with Crippen LogP contribution in [0.1, 0.15) is 11.1 Å². The first-order valence-electron chi connectivity index (χ1n) is 3.87. The number of nitriles is 1. The molecular weight excluding hydrogens is 178 g/mol. The lowest BCUT2D eigenvalue weighted by atomic mass is 10.2. The van der Waals surface area contributed by atoms with E-state index in [1.165, 1.54) is 0 Å². The molecule has 0 saturated carbocycles. The molecule has 0 atom stereocenters. The van der Waals surface area contributed by atoms with Crippen LogP contribution in [0.25, 0.3) is 0 Å². The molecule has 1 aromatic carbocycles. The van der Waals surface area contributed by atoms with Crippen LogP contribution in [0.4, 0.5) is 0 Å². The van der Waals surface area contributed by atoms with E-state index in [9.17, 15) is 0 Å². The summed E-state index contributed by atoms with van der Waals surface area (Å²) >= 11 is 1.68. The molecule has 2 heteroatoms. The number of nitrogens with zero attached hydrogens (tertiary/aromatic N) is 1. The van der Waals surface area contributed by atoms with E-state index in [1.54, 1.807) is 17.8 Å². The molecule has 0 saturated heterocycles. The number of thioether (sulfide) groups is 1. The maximum atomic E-state index is 8.64. The summed E-state index contributed by atoms with van der Waals surface area (Å²) in [6.45, 7) is 0. The Kier molecular flexibility index (Phi) is 3.96. The van der Waals surface area contributed by atoms with Gasteiger partial charge in [0.05, 0.1) is 17.4 Å². The van der Waals surface area contributed by atoms with Gasteiger partial charge in [0, 0.05) is 5.75 Å². The number of hydrogen-bond acceptors (Lipinski definition) is 2. The summed E-state index contributed by atoms with van der Waals surface area (Å²) in [5.41, 5.74) is 1.86. The second-order valence-electron chi connectivity index (χ2n) is 2.51. The molecule has 1 nitrogen and oxygen atoms in total. The molecular formula is C11H9NS. The van der Waals surface area contributed by atoms with Gasteiger partial charge in [-0.15, -0.1) is 18.2 Å². The molecule has 0 N–H and O–H groups in total. The average Bonchev–Trinajstić information content (AvgIpc) is 2.19. The molecule has 0 aliphatic heterocycles. The Morgan fingerprint density at radius 2 is 2.31 bits per heavy atom. The van der Waals surface area contributed by atoms with Crippen LogP contribution < -0.4 is 0 Å². The molecule has 0 unspecified atom stereocenters. The topological polar surface area (TPSA) is 23.8 Å². The lowest BCUT2D eigenvalue weighted by Crippen LogP contribution is -1.83. The monoisotopic (exact) mass is 187 g/mol. The van der Waals surface area contributed by atoms with E-state index in [-0.39, 0.29) is 0 Å². The Hall–Kier alpha value is -1.38. The fraction of sp³-hybridized carbons (Fsp3) is 0.182. The zero-order chi connectivity index (χ0) is 9.52. The maximum absolute atomic E-state index is 8.64. The highest BCUT2D eigenvalue weighted by Crippen LogP contribution is 2.12. The van der Waals surface area contributed by atoms with Crippen molar-refractivity contribution >= 4 is 11.8 Å². The summed E-state index contributed by atoms with van der Waals surface area (Å²) in [6.07, 6.45) is 5.13. The van der Waals surface area contributed by atoms with Crippen LogP contribution >= 0.6 is 11.8 Å². The lowest BCUT2D eigenvalue weighted by Gasteiger charge is -1.98. The third kappa shape index (κ3) is 3.23. The highest BCUT2D eigenvalue weighted by molar-refractivity contribution is 7.98. The molecule has 0 fully saturated rings. The van der Waals surface area contributed by atoms with Gasteiger partial charge in [-0.3, -0.25) is 0 Å². The summed E-state index contributed by atoms with van der Waals surface area (Å²) in [5.74, 6) is 4.16. The van der Waals surface area contributed by atoms with Gasteiger partial charge in [-0.05, 0) is 17.7 Å². The van der Waals surface area contributed by atoms with Gasteiger partial charge in [0.15, 0.2) is 0 Å². The van der Waals surface area contributed by atoms with Crippen molar-refractivity contribution in [1.82, 2.24) is 0 Å². The zero-order valence-corrected chi connectivity index (χ0v) is 7.97. The standard InChI is InChI=1S/C11H9NS/c1-2-6-13-9-11-5-3-4-10(7-11)8-12/h1,3-5,7H,6,9H2. The van der Waals surface area contributed by atoms with E-state index in [4.69, 9.17) is 11.7 Å². The molecule has 64 valence electrons. The van der Waals surface area contributed by atoms with Crippen molar-refractivity contribution in [3.05, 3.63) is 35.4 Å². The highest BCUT2D eigenvalue weighted by Gasteiger charge is 1.94. The molecule has 1 aromatic rings. The van der Waals surface area contributed by atoms with Crippen LogP contribution in [0.2, 0.25) is 0 Å². The van der Waals surface area contributed by atoms with Crippen molar-refractivity contribution in [2.75, 3.05) is 5.75 Å². The minimum atomic E-state index is 0.707. The van der Waals surface area contributed by atoms with E-state index >= 15 is 0 Å². The minimum absolute atomic E-state index is 0.707. The lowest BCUT2D eigenvalue weighted by molar-refractivity contribution is 1.38. The van der Waals surface area contributed by atoms with Crippen molar-refractivity contribution in [3.8, 4) is 18.4 Å². The first kappa shape index (κ1) is 9.71. The van der Waals surface area contributed by atoms with Crippen LogP contribution in [0.15, 0.2) is 24.3 Å². The molecule has 1 rings (SSSR count). The van der Waals surface area contributed by atoms with Crippen molar-refractivity contribution in [2.45, 2.75) is 5.75 Å². The maximum Gasteiger partial charge on any atom is 0.0991 e. The first-order chi connectivity index (χ1) is 6.36. The summed E-state index contributed by atoms with van der Waals surface area (Å²) in [4.78, 5) is 0. The van der Waals surface area contributed by atoms with E-state index in [0.717, 1.165) is 17.1 Å². The van der Waals surface area contributed by atoms with Crippen molar-refractivity contribution in [2.24, 2.45) is 0 Å². The zero-order valence-electron chi connectivity index (χ0n) is 7.16. The summed E-state index contributed by atoms with van der Waals surface area (Å²) in [6, 6.07) is 9.70. The molecule has 0 spiro atoms. The van der Waals surface area contributed by atoms with E-state index in [2.05, 4.69) is 12.0 Å². The Balaban J connectivity index is 2.59. The van der Waals surface area contributed by atoms with E-state index < -0.39 is 0 Å². The first-order valence-corrected chi connectivity index (χ1v) is 5.02. The Morgan fingerprint density at radius 1 is 1.46 bits per heavy atom. The largest absolute Gasteiger partial charge is 0.192 e. The van der Waals surface area contributed by atoms with Gasteiger partial charge in [0.2, 0.25) is 0 Å². The van der Waals surface area contributed by atoms with Crippen molar-refractivity contribution in [1.29, 1.82) is 5.26 Å². The smallest absolute Gasteiger partial charge is 0.0991 e. The predicted molar refractivity (Wildman–Crippen MR) is 56.2 cm³/mol. The fourth-order valence-corrected chi connectivity index (χ4v) is 1.59. The van der Waals surface area contributed by atoms with Crippen molar-refractivity contribution < 1.29 is 0 Å². The van der Waals surface area contributed by atoms with Gasteiger partial charge in [-0.25, -0.2) is 0 Å². The fourth-order valence-electron chi connectivity index (χ4n) is 0.958. The van der Waals surface area contributed by atoms with Gasteiger partial charge < -0.3 is 0 Å². The van der Waals surface area contributed by atoms with Gasteiger partial charge in [-0.1, -0.05) is 18.1 Å². The van der Waals surface area contributed by atoms with Crippen LogP contribution in [0, 0.1) is 23.7 Å². The number of rotatable bonds is 3. The molecule has 0 aliphatic rings. The Bertz CT molecular complexity index is 357. The van der Waals surface area contributed by atoms with E-state index in [1.807, 2.05) is 18.2 Å². The molecule has 0 aliphatic carbocycles. The quantitative estimate of drug-likeness (QED) is 0.536. The summed E-state index contributed by atoms with van der Waals surface area (Å²) in [5, 5.41) is 8.64. The molecule has 13 heavy (non-hydrogen) atoms. The SMILES string of the molecule is C#CCSCc1cccc(C#N)c1. The third-order valence-electron chi connectivity index (χ3n) is 1.51. The van der Waals surface area contributed by atoms with Gasteiger partial charge in [-0.2, -0.15) is 5.26 Å². The second-order valence-corrected chi connectivity index (χ2v) is 3.49. The van der Waals surface area contributed by atoms with Crippen LogP contribution in [0.5, 0.6) is 0 Å². The van der Waals surface area contributed by atoms with Crippen LogP contribution in [-0.4, -0.2) is 5.75 Å². The Morgan fingerprint density at radius 3 is 3.00 bits per heavy atom. The summed E-state index contributed by atoms with van der Waals surface area (Å²) < 4.78 is 0. The van der Waals surface area contributed by atoms with Crippen LogP contribution in [0.3, 0.4) is 0 Å². The number of hydrogen-bond donors (Lipinski definition) is 0. The second kappa shape index (κ2) is 5.30. The average molecular weight is 187 g/mol. The van der Waals surface area contributed by atoms with Gasteiger partial charge in [0.25, 0.3) is 0 Å². The number of terminal acetylenes is 1. The molecule has 0 radical (unpaired) electrons. The van der Waals surface area contributed by atoms with E-state index in [0.29, 0.717) is 5.56 Å². The minimum Gasteiger partial charge on any atom is -0.192 e. The molecule has 0 heterocycles. The summed E-state index contributed by atoms with van der Waals surface area (Å²) in [7, 11) is 0. The van der Waals surface area contributed by atoms with Crippen LogP contribution in [-0.2, 0) is 5.75 Å². The molecule has 0 aromatic heterocycles. The van der Waals surface area contributed by atoms with Gasteiger partial charge >= 0.3 is 0 Å². The predicted octanol–water partition coefficient (Wildman–Crippen LogP) is 2.42. The number of benzene rings is 1. The Labute approximate surface area is 82.8 Å². The third-order valence-corrected chi connectivity index (χ3v) is 2.42.